The molecular weight excluding hydrogens is 266 g/mol. The fourth-order valence-electron chi connectivity index (χ4n) is 7.67. The van der Waals surface area contributed by atoms with E-state index in [0.29, 0.717) is 29.6 Å². The van der Waals surface area contributed by atoms with E-state index in [4.69, 9.17) is 4.74 Å². The van der Waals surface area contributed by atoms with Gasteiger partial charge in [-0.3, -0.25) is 9.59 Å². The second-order valence-electron chi connectivity index (χ2n) is 8.39. The van der Waals surface area contributed by atoms with E-state index in [2.05, 4.69) is 27.7 Å². The molecule has 0 aliphatic heterocycles. The molecule has 0 spiro atoms. The molecule has 8 atom stereocenters. The van der Waals surface area contributed by atoms with Crippen LogP contribution in [0, 0.1) is 46.3 Å². The Balaban J connectivity index is 1.58. The van der Waals surface area contributed by atoms with E-state index < -0.39 is 5.41 Å². The molecule has 0 N–H and O–H groups in total. The SMILES string of the molecule is COC(=O)C12C3C4C5C4C1(C(=O)N(C(C)C)C(C)C)C5C32. The van der Waals surface area contributed by atoms with E-state index in [0.717, 1.165) is 5.92 Å². The van der Waals surface area contributed by atoms with E-state index in [1.54, 1.807) is 0 Å². The summed E-state index contributed by atoms with van der Waals surface area (Å²) in [5.41, 5.74) is -0.769. The highest BCUT2D eigenvalue weighted by Gasteiger charge is 3.14. The predicted octanol–water partition coefficient (Wildman–Crippen LogP) is 1.54. The number of ether oxygens (including phenoxy) is 1. The van der Waals surface area contributed by atoms with Gasteiger partial charge in [0.25, 0.3) is 0 Å². The van der Waals surface area contributed by atoms with Gasteiger partial charge in [-0.1, -0.05) is 0 Å². The van der Waals surface area contributed by atoms with E-state index in [-0.39, 0.29) is 29.4 Å². The average Bonchev–Trinajstić information content (AvgIpc) is 3.19. The molecule has 6 rings (SSSR count). The predicted molar refractivity (Wildman–Crippen MR) is 74.9 cm³/mol. The van der Waals surface area contributed by atoms with Crippen LogP contribution in [-0.2, 0) is 14.3 Å². The second-order valence-corrected chi connectivity index (χ2v) is 8.39. The molecule has 6 aliphatic carbocycles. The number of nitrogens with zero attached hydrogens (tertiary/aromatic N) is 1. The van der Waals surface area contributed by atoms with Crippen LogP contribution in [0.1, 0.15) is 27.7 Å². The summed E-state index contributed by atoms with van der Waals surface area (Å²) < 4.78 is 5.13. The van der Waals surface area contributed by atoms with Gasteiger partial charge in [0.05, 0.1) is 17.9 Å². The van der Waals surface area contributed by atoms with Crippen LogP contribution >= 0.6 is 0 Å². The van der Waals surface area contributed by atoms with Gasteiger partial charge in [-0.25, -0.2) is 0 Å². The number of carbonyl (C=O) groups excluding carboxylic acids is 2. The summed E-state index contributed by atoms with van der Waals surface area (Å²) in [5.74, 6) is 3.57. The van der Waals surface area contributed by atoms with Crippen LogP contribution in [0.2, 0.25) is 0 Å². The molecule has 0 radical (unpaired) electrons. The van der Waals surface area contributed by atoms with E-state index in [9.17, 15) is 9.59 Å². The number of hydrogen-bond acceptors (Lipinski definition) is 3. The lowest BCUT2D eigenvalue weighted by molar-refractivity contribution is -0.212. The molecule has 0 heterocycles. The van der Waals surface area contributed by atoms with Gasteiger partial charge >= 0.3 is 5.97 Å². The maximum Gasteiger partial charge on any atom is 0.313 e. The molecular formula is C17H23NO3. The first kappa shape index (κ1) is 12.5. The van der Waals surface area contributed by atoms with Gasteiger partial charge in [0.2, 0.25) is 5.91 Å². The summed E-state index contributed by atoms with van der Waals surface area (Å²) in [4.78, 5) is 27.9. The van der Waals surface area contributed by atoms with Crippen molar-refractivity contribution in [3.05, 3.63) is 0 Å². The lowest BCUT2D eigenvalue weighted by Crippen LogP contribution is -2.71. The standard InChI is InChI=1S/C17H23NO3/c1-6(2)18(7(3)4)14(19)16-10-8-9(10)12-13(11(8)16)17(12,16)15(20)21-5/h6-13H,1-5H3. The molecule has 4 heteroatoms. The molecule has 0 aromatic heterocycles. The highest BCUT2D eigenvalue weighted by atomic mass is 16.5. The van der Waals surface area contributed by atoms with Gasteiger partial charge < -0.3 is 9.64 Å². The molecule has 21 heavy (non-hydrogen) atoms. The molecule has 0 aromatic rings. The second kappa shape index (κ2) is 3.02. The molecule has 6 saturated carbocycles. The first-order chi connectivity index (χ1) is 9.89. The van der Waals surface area contributed by atoms with Crippen LogP contribution in [0.5, 0.6) is 0 Å². The van der Waals surface area contributed by atoms with Gasteiger partial charge in [-0.05, 0) is 63.2 Å². The Hall–Kier alpha value is -1.06. The first-order valence-corrected chi connectivity index (χ1v) is 8.31. The van der Waals surface area contributed by atoms with Crippen molar-refractivity contribution < 1.29 is 14.3 Å². The fraction of sp³-hybridized carbons (Fsp3) is 0.882. The minimum atomic E-state index is -0.407. The van der Waals surface area contributed by atoms with Crippen molar-refractivity contribution in [2.45, 2.75) is 39.8 Å². The van der Waals surface area contributed by atoms with Crippen LogP contribution < -0.4 is 0 Å². The monoisotopic (exact) mass is 289 g/mol. The van der Waals surface area contributed by atoms with Gasteiger partial charge in [0.15, 0.2) is 0 Å². The van der Waals surface area contributed by atoms with E-state index in [1.807, 2.05) is 4.90 Å². The third-order valence-corrected chi connectivity index (χ3v) is 7.64. The summed E-state index contributed by atoms with van der Waals surface area (Å²) in [6.45, 7) is 8.31. The quantitative estimate of drug-likeness (QED) is 0.738. The van der Waals surface area contributed by atoms with Crippen molar-refractivity contribution >= 4 is 11.9 Å². The Bertz CT molecular complexity index is 591. The van der Waals surface area contributed by atoms with Crippen molar-refractivity contribution in [3.8, 4) is 0 Å². The number of carbonyl (C=O) groups is 2. The smallest absolute Gasteiger partial charge is 0.313 e. The molecule has 114 valence electrons. The van der Waals surface area contributed by atoms with Crippen molar-refractivity contribution in [3.63, 3.8) is 0 Å². The summed E-state index contributed by atoms with van der Waals surface area (Å²) in [6.07, 6.45) is 0. The van der Waals surface area contributed by atoms with Gasteiger partial charge in [-0.15, -0.1) is 0 Å². The Morgan fingerprint density at radius 1 is 0.905 bits per heavy atom. The summed E-state index contributed by atoms with van der Waals surface area (Å²) in [7, 11) is 1.48. The molecule has 6 aliphatic rings. The Kier molecular flexibility index (Phi) is 1.79. The Labute approximate surface area is 125 Å². The van der Waals surface area contributed by atoms with E-state index >= 15 is 0 Å². The van der Waals surface area contributed by atoms with Crippen molar-refractivity contribution in [1.29, 1.82) is 0 Å². The third kappa shape index (κ3) is 0.809. The molecule has 6 fully saturated rings. The Morgan fingerprint density at radius 2 is 1.43 bits per heavy atom. The third-order valence-electron chi connectivity index (χ3n) is 7.64. The van der Waals surface area contributed by atoms with Crippen LogP contribution in [-0.4, -0.2) is 36.0 Å². The van der Waals surface area contributed by atoms with Crippen LogP contribution in [0.4, 0.5) is 0 Å². The fourth-order valence-corrected chi connectivity index (χ4v) is 7.67. The highest BCUT2D eigenvalue weighted by molar-refractivity contribution is 6.03. The van der Waals surface area contributed by atoms with Crippen LogP contribution in [0.3, 0.4) is 0 Å². The summed E-state index contributed by atoms with van der Waals surface area (Å²) in [6, 6.07) is 0.376. The lowest BCUT2D eigenvalue weighted by Gasteiger charge is -2.61. The maximum atomic E-state index is 13.4. The molecule has 4 nitrogen and oxygen atoms in total. The molecule has 1 amide bonds. The normalized spacial score (nSPS) is 55.6. The summed E-state index contributed by atoms with van der Waals surface area (Å²) >= 11 is 0. The lowest BCUT2D eigenvalue weighted by atomic mass is 9.41. The number of hydrogen-bond donors (Lipinski definition) is 0. The Morgan fingerprint density at radius 3 is 1.81 bits per heavy atom. The summed E-state index contributed by atoms with van der Waals surface area (Å²) in [5, 5.41) is 0. The van der Waals surface area contributed by atoms with Crippen molar-refractivity contribution in [2.75, 3.05) is 7.11 Å². The average molecular weight is 289 g/mol. The van der Waals surface area contributed by atoms with Crippen molar-refractivity contribution in [1.82, 2.24) is 4.90 Å². The zero-order valence-corrected chi connectivity index (χ0v) is 13.3. The topological polar surface area (TPSA) is 46.6 Å². The molecule has 0 bridgehead atoms. The van der Waals surface area contributed by atoms with Crippen LogP contribution in [0.15, 0.2) is 0 Å². The zero-order chi connectivity index (χ0) is 15.1. The maximum absolute atomic E-state index is 13.4. The van der Waals surface area contributed by atoms with Gasteiger partial charge in [0, 0.05) is 12.1 Å². The van der Waals surface area contributed by atoms with Gasteiger partial charge in [0.1, 0.15) is 0 Å². The largest absolute Gasteiger partial charge is 0.469 e. The molecule has 8 unspecified atom stereocenters. The minimum absolute atomic E-state index is 0.0970. The molecule has 0 saturated heterocycles. The number of methoxy groups -OCH3 is 1. The zero-order valence-electron chi connectivity index (χ0n) is 13.3. The molecule has 0 aromatic carbocycles. The minimum Gasteiger partial charge on any atom is -0.469 e. The van der Waals surface area contributed by atoms with E-state index in [1.165, 1.54) is 7.11 Å². The van der Waals surface area contributed by atoms with Crippen LogP contribution in [0.25, 0.3) is 0 Å². The first-order valence-electron chi connectivity index (χ1n) is 8.31. The van der Waals surface area contributed by atoms with Crippen molar-refractivity contribution in [2.24, 2.45) is 46.3 Å². The highest BCUT2D eigenvalue weighted by Crippen LogP contribution is 3.10. The number of amides is 1. The number of rotatable bonds is 4. The van der Waals surface area contributed by atoms with Gasteiger partial charge in [-0.2, -0.15) is 0 Å². The number of esters is 1.